The van der Waals surface area contributed by atoms with E-state index in [1.807, 2.05) is 19.1 Å². The third-order valence-corrected chi connectivity index (χ3v) is 5.53. The standard InChI is InChI=1S/C18H23ClN4O2S/c1-13-17(18(24)21-8-11-23-9-6-20-7-10-23)26-16(22-13)12-25-15-4-2-14(19)3-5-15/h2-5,20H,6-12H2,1H3,(H,21,24). The van der Waals surface area contributed by atoms with Crippen LogP contribution in [0.2, 0.25) is 5.02 Å². The number of nitrogens with one attached hydrogen (secondary N) is 2. The molecule has 0 bridgehead atoms. The molecule has 1 aliphatic heterocycles. The topological polar surface area (TPSA) is 66.5 Å². The minimum atomic E-state index is -0.0622. The average molecular weight is 395 g/mol. The lowest BCUT2D eigenvalue weighted by Crippen LogP contribution is -2.46. The molecular weight excluding hydrogens is 372 g/mol. The number of carbonyl (C=O) groups is 1. The summed E-state index contributed by atoms with van der Waals surface area (Å²) in [6.07, 6.45) is 0. The third-order valence-electron chi connectivity index (χ3n) is 4.15. The summed E-state index contributed by atoms with van der Waals surface area (Å²) in [5, 5.41) is 7.77. The summed E-state index contributed by atoms with van der Waals surface area (Å²) in [7, 11) is 0. The highest BCUT2D eigenvalue weighted by Gasteiger charge is 2.16. The molecule has 0 aliphatic carbocycles. The van der Waals surface area contributed by atoms with Crippen molar-refractivity contribution in [3.8, 4) is 5.75 Å². The van der Waals surface area contributed by atoms with Gasteiger partial charge in [-0.2, -0.15) is 0 Å². The summed E-state index contributed by atoms with van der Waals surface area (Å²) in [6, 6.07) is 7.18. The highest BCUT2D eigenvalue weighted by atomic mass is 35.5. The van der Waals surface area contributed by atoms with Gasteiger partial charge >= 0.3 is 0 Å². The molecule has 0 saturated carbocycles. The van der Waals surface area contributed by atoms with Gasteiger partial charge in [0.1, 0.15) is 22.2 Å². The van der Waals surface area contributed by atoms with Crippen molar-refractivity contribution in [2.24, 2.45) is 0 Å². The van der Waals surface area contributed by atoms with Crippen LogP contribution in [0, 0.1) is 6.92 Å². The highest BCUT2D eigenvalue weighted by Crippen LogP contribution is 2.21. The van der Waals surface area contributed by atoms with E-state index in [1.54, 1.807) is 12.1 Å². The Labute approximate surface area is 162 Å². The molecule has 2 heterocycles. The number of aryl methyl sites for hydroxylation is 1. The van der Waals surface area contributed by atoms with Gasteiger partial charge in [-0.25, -0.2) is 4.98 Å². The van der Waals surface area contributed by atoms with E-state index >= 15 is 0 Å². The van der Waals surface area contributed by atoms with Crippen LogP contribution in [-0.4, -0.2) is 55.1 Å². The Balaban J connectivity index is 1.48. The first-order chi connectivity index (χ1) is 12.6. The van der Waals surface area contributed by atoms with Gasteiger partial charge in [-0.05, 0) is 31.2 Å². The highest BCUT2D eigenvalue weighted by molar-refractivity contribution is 7.13. The summed E-state index contributed by atoms with van der Waals surface area (Å²) < 4.78 is 5.70. The fourth-order valence-corrected chi connectivity index (χ4v) is 3.76. The zero-order chi connectivity index (χ0) is 18.4. The van der Waals surface area contributed by atoms with Crippen LogP contribution in [0.1, 0.15) is 20.4 Å². The smallest absolute Gasteiger partial charge is 0.263 e. The maximum absolute atomic E-state index is 12.4. The predicted octanol–water partition coefficient (Wildman–Crippen LogP) is 2.32. The largest absolute Gasteiger partial charge is 0.486 e. The molecule has 1 fully saturated rings. The van der Waals surface area contributed by atoms with Crippen molar-refractivity contribution in [2.45, 2.75) is 13.5 Å². The molecule has 6 nitrogen and oxygen atoms in total. The first kappa shape index (κ1) is 19.1. The normalized spacial score (nSPS) is 15.0. The Morgan fingerprint density at radius 3 is 2.81 bits per heavy atom. The maximum Gasteiger partial charge on any atom is 0.263 e. The number of carbonyl (C=O) groups excluding carboxylic acids is 1. The van der Waals surface area contributed by atoms with Crippen LogP contribution in [-0.2, 0) is 6.61 Å². The van der Waals surface area contributed by atoms with Crippen molar-refractivity contribution in [3.63, 3.8) is 0 Å². The van der Waals surface area contributed by atoms with Gasteiger partial charge in [0.05, 0.1) is 5.69 Å². The molecule has 1 aromatic heterocycles. The number of thiazole rings is 1. The molecule has 0 radical (unpaired) electrons. The molecule has 26 heavy (non-hydrogen) atoms. The van der Waals surface area contributed by atoms with Gasteiger partial charge in [0.15, 0.2) is 0 Å². The number of rotatable bonds is 7. The van der Waals surface area contributed by atoms with Crippen LogP contribution in [0.3, 0.4) is 0 Å². The minimum absolute atomic E-state index is 0.0622. The first-order valence-corrected chi connectivity index (χ1v) is 9.87. The minimum Gasteiger partial charge on any atom is -0.486 e. The Hall–Kier alpha value is -1.67. The van der Waals surface area contributed by atoms with Gasteiger partial charge in [0.2, 0.25) is 0 Å². The summed E-state index contributed by atoms with van der Waals surface area (Å²) in [5.74, 6) is 0.664. The van der Waals surface area contributed by atoms with E-state index in [0.717, 1.165) is 49.2 Å². The fourth-order valence-electron chi connectivity index (χ4n) is 2.74. The van der Waals surface area contributed by atoms with Crippen LogP contribution < -0.4 is 15.4 Å². The molecular formula is C18H23ClN4O2S. The second kappa shape index (κ2) is 9.32. The van der Waals surface area contributed by atoms with Crippen LogP contribution >= 0.6 is 22.9 Å². The van der Waals surface area contributed by atoms with Gasteiger partial charge in [-0.3, -0.25) is 9.69 Å². The van der Waals surface area contributed by atoms with Crippen LogP contribution in [0.5, 0.6) is 5.75 Å². The number of hydrogen-bond acceptors (Lipinski definition) is 6. The van der Waals surface area contributed by atoms with Crippen molar-refractivity contribution >= 4 is 28.8 Å². The van der Waals surface area contributed by atoms with Crippen molar-refractivity contribution in [1.82, 2.24) is 20.5 Å². The lowest BCUT2D eigenvalue weighted by atomic mass is 10.3. The summed E-state index contributed by atoms with van der Waals surface area (Å²) >= 11 is 7.24. The fraction of sp³-hybridized carbons (Fsp3) is 0.444. The third kappa shape index (κ3) is 5.41. The number of hydrogen-bond donors (Lipinski definition) is 2. The zero-order valence-electron chi connectivity index (χ0n) is 14.8. The number of nitrogens with zero attached hydrogens (tertiary/aromatic N) is 2. The van der Waals surface area contributed by atoms with Crippen LogP contribution in [0.15, 0.2) is 24.3 Å². The molecule has 1 saturated heterocycles. The SMILES string of the molecule is Cc1nc(COc2ccc(Cl)cc2)sc1C(=O)NCCN1CCNCC1. The molecule has 140 valence electrons. The number of amides is 1. The van der Waals surface area contributed by atoms with Crippen molar-refractivity contribution in [2.75, 3.05) is 39.3 Å². The molecule has 8 heteroatoms. The Kier molecular flexibility index (Phi) is 6.85. The molecule has 1 aliphatic rings. The first-order valence-electron chi connectivity index (χ1n) is 8.68. The molecule has 2 N–H and O–H groups in total. The van der Waals surface area contributed by atoms with Gasteiger partial charge < -0.3 is 15.4 Å². The zero-order valence-corrected chi connectivity index (χ0v) is 16.3. The lowest BCUT2D eigenvalue weighted by molar-refractivity contribution is 0.0950. The van der Waals surface area contributed by atoms with Gasteiger partial charge in [-0.15, -0.1) is 11.3 Å². The molecule has 0 unspecified atom stereocenters. The second-order valence-electron chi connectivity index (χ2n) is 6.11. The number of aromatic nitrogens is 1. The number of piperazine rings is 1. The van der Waals surface area contributed by atoms with Gasteiger partial charge in [0, 0.05) is 44.3 Å². The van der Waals surface area contributed by atoms with Crippen molar-refractivity contribution in [1.29, 1.82) is 0 Å². The number of ether oxygens (including phenoxy) is 1. The van der Waals surface area contributed by atoms with Crippen molar-refractivity contribution < 1.29 is 9.53 Å². The molecule has 0 atom stereocenters. The number of benzene rings is 1. The monoisotopic (exact) mass is 394 g/mol. The quantitative estimate of drug-likeness (QED) is 0.754. The molecule has 3 rings (SSSR count). The van der Waals surface area contributed by atoms with E-state index in [-0.39, 0.29) is 5.91 Å². The Morgan fingerprint density at radius 2 is 2.08 bits per heavy atom. The number of halogens is 1. The van der Waals surface area contributed by atoms with E-state index < -0.39 is 0 Å². The molecule has 1 amide bonds. The van der Waals surface area contributed by atoms with Gasteiger partial charge in [-0.1, -0.05) is 11.6 Å². The van der Waals surface area contributed by atoms with Crippen molar-refractivity contribution in [3.05, 3.63) is 44.9 Å². The molecule has 1 aromatic carbocycles. The summed E-state index contributed by atoms with van der Waals surface area (Å²) in [6.45, 7) is 7.79. The van der Waals surface area contributed by atoms with Crippen LogP contribution in [0.4, 0.5) is 0 Å². The summed E-state index contributed by atoms with van der Waals surface area (Å²) in [4.78, 5) is 19.9. The van der Waals surface area contributed by atoms with E-state index in [2.05, 4.69) is 20.5 Å². The maximum atomic E-state index is 12.4. The summed E-state index contributed by atoms with van der Waals surface area (Å²) in [5.41, 5.74) is 0.740. The van der Waals surface area contributed by atoms with E-state index in [4.69, 9.17) is 16.3 Å². The Morgan fingerprint density at radius 1 is 1.35 bits per heavy atom. The Bertz CT molecular complexity index is 729. The van der Waals surface area contributed by atoms with Gasteiger partial charge in [0.25, 0.3) is 5.91 Å². The van der Waals surface area contributed by atoms with Crippen LogP contribution in [0.25, 0.3) is 0 Å². The average Bonchev–Trinajstić information content (AvgIpc) is 3.03. The van der Waals surface area contributed by atoms with E-state index in [0.29, 0.717) is 23.1 Å². The second-order valence-corrected chi connectivity index (χ2v) is 7.63. The molecule has 2 aromatic rings. The van der Waals surface area contributed by atoms with E-state index in [9.17, 15) is 4.79 Å². The predicted molar refractivity (Wildman–Crippen MR) is 104 cm³/mol. The molecule has 0 spiro atoms. The lowest BCUT2D eigenvalue weighted by Gasteiger charge is -2.27. The van der Waals surface area contributed by atoms with E-state index in [1.165, 1.54) is 11.3 Å².